The molecule has 0 aromatic rings. The molecule has 0 amide bonds. The maximum Gasteiger partial charge on any atom is 0.139 e. The van der Waals surface area contributed by atoms with E-state index < -0.39 is 5.60 Å². The molecule has 120 valence electrons. The van der Waals surface area contributed by atoms with Crippen LogP contribution < -0.4 is 0 Å². The Balaban J connectivity index is 1.90. The van der Waals surface area contributed by atoms with Crippen molar-refractivity contribution in [2.24, 2.45) is 21.7 Å². The second-order valence-electron chi connectivity index (χ2n) is 10.2. The van der Waals surface area contributed by atoms with Crippen LogP contribution in [0, 0.1) is 21.7 Å². The van der Waals surface area contributed by atoms with E-state index in [0.29, 0.717) is 12.2 Å². The molecule has 4 bridgehead atoms. The average molecular weight is 292 g/mol. The number of carbonyl (C=O) groups is 1. The number of ketones is 1. The first-order valence-electron chi connectivity index (χ1n) is 8.69. The Kier molecular flexibility index (Phi) is 3.05. The molecule has 4 fully saturated rings. The topological polar surface area (TPSA) is 37.3 Å². The highest BCUT2D eigenvalue weighted by Gasteiger charge is 2.65. The third-order valence-corrected chi connectivity index (χ3v) is 6.85. The van der Waals surface area contributed by atoms with Gasteiger partial charge in [-0.2, -0.15) is 0 Å². The van der Waals surface area contributed by atoms with Crippen molar-refractivity contribution in [3.8, 4) is 0 Å². The van der Waals surface area contributed by atoms with Crippen LogP contribution in [0.1, 0.15) is 86.0 Å². The highest BCUT2D eigenvalue weighted by molar-refractivity contribution is 5.84. The van der Waals surface area contributed by atoms with Crippen LogP contribution in [0.2, 0.25) is 0 Å². The van der Waals surface area contributed by atoms with Gasteiger partial charge in [-0.05, 0) is 61.2 Å². The van der Waals surface area contributed by atoms with Crippen LogP contribution >= 0.6 is 0 Å². The molecular formula is C19H32O2. The first-order valence-corrected chi connectivity index (χ1v) is 8.69. The summed E-state index contributed by atoms with van der Waals surface area (Å²) in [4.78, 5) is 12.8. The van der Waals surface area contributed by atoms with Gasteiger partial charge >= 0.3 is 0 Å². The first kappa shape index (κ1) is 15.5. The number of Topliss-reactive ketones (excluding diaryl/α,β-unsaturated/α-hetero) is 1. The normalized spacial score (nSPS) is 48.7. The molecule has 0 saturated heterocycles. The number of hydrogen-bond donors (Lipinski definition) is 1. The number of carbonyl (C=O) groups excluding carboxylic acids is 1. The Hall–Kier alpha value is -0.370. The van der Waals surface area contributed by atoms with Crippen LogP contribution in [0.25, 0.3) is 0 Å². The Morgan fingerprint density at radius 3 is 1.95 bits per heavy atom. The lowest BCUT2D eigenvalue weighted by atomic mass is 9.38. The molecule has 0 aromatic heterocycles. The Morgan fingerprint density at radius 1 is 1.00 bits per heavy atom. The van der Waals surface area contributed by atoms with Gasteiger partial charge in [0.15, 0.2) is 0 Å². The third kappa shape index (κ3) is 2.48. The fourth-order valence-electron chi connectivity index (χ4n) is 6.84. The maximum atomic E-state index is 12.8. The predicted octanol–water partition coefficient (Wildman–Crippen LogP) is 4.49. The molecule has 2 atom stereocenters. The van der Waals surface area contributed by atoms with Crippen LogP contribution in [0.15, 0.2) is 0 Å². The zero-order chi connectivity index (χ0) is 15.7. The van der Waals surface area contributed by atoms with Crippen LogP contribution in [0.3, 0.4) is 0 Å². The van der Waals surface area contributed by atoms with Crippen LogP contribution in [0.4, 0.5) is 0 Å². The molecule has 4 aliphatic rings. The average Bonchev–Trinajstić information content (AvgIpc) is 2.21. The second kappa shape index (κ2) is 4.13. The summed E-state index contributed by atoms with van der Waals surface area (Å²) in [7, 11) is 0. The molecule has 4 saturated carbocycles. The van der Waals surface area contributed by atoms with E-state index in [9.17, 15) is 9.90 Å². The zero-order valence-corrected chi connectivity index (χ0v) is 14.5. The molecule has 1 N–H and O–H groups in total. The van der Waals surface area contributed by atoms with Crippen molar-refractivity contribution in [2.45, 2.75) is 91.6 Å². The van der Waals surface area contributed by atoms with E-state index in [1.54, 1.807) is 0 Å². The Bertz CT molecular complexity index is 422. The van der Waals surface area contributed by atoms with Gasteiger partial charge in [-0.3, -0.25) is 4.79 Å². The van der Waals surface area contributed by atoms with E-state index in [-0.39, 0.29) is 21.7 Å². The van der Waals surface area contributed by atoms with Gasteiger partial charge in [0.05, 0.1) is 5.60 Å². The van der Waals surface area contributed by atoms with Crippen LogP contribution in [-0.2, 0) is 4.79 Å². The third-order valence-electron chi connectivity index (χ3n) is 6.85. The molecule has 4 aliphatic carbocycles. The van der Waals surface area contributed by atoms with E-state index in [2.05, 4.69) is 34.6 Å². The number of hydrogen-bond acceptors (Lipinski definition) is 2. The van der Waals surface area contributed by atoms with E-state index in [0.717, 1.165) is 38.5 Å². The van der Waals surface area contributed by atoms with Gasteiger partial charge in [0.2, 0.25) is 0 Å². The predicted molar refractivity (Wildman–Crippen MR) is 85.0 cm³/mol. The molecular weight excluding hydrogens is 260 g/mol. The van der Waals surface area contributed by atoms with Gasteiger partial charge < -0.3 is 5.11 Å². The summed E-state index contributed by atoms with van der Waals surface area (Å²) in [5, 5.41) is 11.1. The summed E-state index contributed by atoms with van der Waals surface area (Å²) in [5.74, 6) is 0.405. The first-order chi connectivity index (χ1) is 9.43. The minimum absolute atomic E-state index is 0.0660. The van der Waals surface area contributed by atoms with Crippen LogP contribution in [-0.4, -0.2) is 16.5 Å². The summed E-state index contributed by atoms with van der Waals surface area (Å²) < 4.78 is 0. The molecule has 4 rings (SSSR count). The smallest absolute Gasteiger partial charge is 0.139 e. The van der Waals surface area contributed by atoms with Crippen molar-refractivity contribution in [2.75, 3.05) is 0 Å². The number of rotatable bonds is 4. The van der Waals surface area contributed by atoms with Crippen molar-refractivity contribution in [1.82, 2.24) is 0 Å². The lowest BCUT2D eigenvalue weighted by Crippen LogP contribution is -2.63. The molecule has 2 nitrogen and oxygen atoms in total. The zero-order valence-electron chi connectivity index (χ0n) is 14.5. The summed E-state index contributed by atoms with van der Waals surface area (Å²) in [6.07, 6.45) is 7.85. The summed E-state index contributed by atoms with van der Waals surface area (Å²) in [5.41, 5.74) is -0.164. The summed E-state index contributed by atoms with van der Waals surface area (Å²) in [6, 6.07) is 0. The van der Waals surface area contributed by atoms with Crippen LogP contribution in [0.5, 0.6) is 0 Å². The van der Waals surface area contributed by atoms with Crippen molar-refractivity contribution in [3.05, 3.63) is 0 Å². The van der Waals surface area contributed by atoms with Gasteiger partial charge in [-0.1, -0.05) is 34.6 Å². The molecule has 0 radical (unpaired) electrons. The lowest BCUT2D eigenvalue weighted by molar-refractivity contribution is -0.226. The SMILES string of the molecule is CCC(C)(C)C(=O)CC12CC3(C)CC(C)(CC(O)(C3)C1)C2. The molecule has 0 aromatic carbocycles. The van der Waals surface area contributed by atoms with Gasteiger partial charge in [-0.15, -0.1) is 0 Å². The highest BCUT2D eigenvalue weighted by Crippen LogP contribution is 2.71. The largest absolute Gasteiger partial charge is 0.390 e. The molecule has 2 unspecified atom stereocenters. The maximum absolute atomic E-state index is 12.8. The van der Waals surface area contributed by atoms with Crippen molar-refractivity contribution in [1.29, 1.82) is 0 Å². The molecule has 0 heterocycles. The standard InChI is InChI=1S/C19H32O2/c1-6-15(2,3)14(20)7-18-9-16(4)8-17(5,10-18)12-19(21,11-16)13-18/h21H,6-13H2,1-5H3. The van der Waals surface area contributed by atoms with Gasteiger partial charge in [0.1, 0.15) is 5.78 Å². The lowest BCUT2D eigenvalue weighted by Gasteiger charge is -2.68. The molecule has 0 aliphatic heterocycles. The fraction of sp³-hybridized carbons (Fsp3) is 0.947. The van der Waals surface area contributed by atoms with Crippen molar-refractivity contribution >= 4 is 5.78 Å². The summed E-state index contributed by atoms with van der Waals surface area (Å²) in [6.45, 7) is 10.9. The van der Waals surface area contributed by atoms with Crippen molar-refractivity contribution in [3.63, 3.8) is 0 Å². The van der Waals surface area contributed by atoms with E-state index in [1.807, 2.05) is 0 Å². The number of aliphatic hydroxyl groups is 1. The van der Waals surface area contributed by atoms with Crippen molar-refractivity contribution < 1.29 is 9.90 Å². The highest BCUT2D eigenvalue weighted by atomic mass is 16.3. The fourth-order valence-corrected chi connectivity index (χ4v) is 6.84. The quantitative estimate of drug-likeness (QED) is 0.828. The van der Waals surface area contributed by atoms with Gasteiger partial charge in [0.25, 0.3) is 0 Å². The molecule has 0 spiro atoms. The van der Waals surface area contributed by atoms with E-state index in [4.69, 9.17) is 0 Å². The Morgan fingerprint density at radius 2 is 1.52 bits per heavy atom. The molecule has 21 heavy (non-hydrogen) atoms. The van der Waals surface area contributed by atoms with E-state index >= 15 is 0 Å². The second-order valence-corrected chi connectivity index (χ2v) is 10.2. The monoisotopic (exact) mass is 292 g/mol. The van der Waals surface area contributed by atoms with Gasteiger partial charge in [-0.25, -0.2) is 0 Å². The van der Waals surface area contributed by atoms with E-state index in [1.165, 1.54) is 6.42 Å². The Labute approximate surface area is 129 Å². The van der Waals surface area contributed by atoms with Gasteiger partial charge in [0, 0.05) is 11.8 Å². The minimum Gasteiger partial charge on any atom is -0.390 e. The molecule has 2 heteroatoms. The summed E-state index contributed by atoms with van der Waals surface area (Å²) >= 11 is 0. The minimum atomic E-state index is -0.505.